The zero-order chi connectivity index (χ0) is 33.7. The van der Waals surface area contributed by atoms with Crippen LogP contribution in [0.5, 0.6) is 0 Å². The van der Waals surface area contributed by atoms with Gasteiger partial charge in [-0.2, -0.15) is 0 Å². The van der Waals surface area contributed by atoms with Gasteiger partial charge in [-0.25, -0.2) is 0 Å². The first-order chi connectivity index (χ1) is 21.4. The maximum Gasteiger partial charge on any atom is 0.310 e. The number of hydrogen-bond acceptors (Lipinski definition) is 8. The smallest absolute Gasteiger partial charge is 0.310 e. The van der Waals surface area contributed by atoms with Crippen molar-refractivity contribution < 1.29 is 44.2 Å². The van der Waals surface area contributed by atoms with Crippen molar-refractivity contribution >= 4 is 11.9 Å². The van der Waals surface area contributed by atoms with Crippen LogP contribution in [-0.2, 0) is 23.8 Å². The van der Waals surface area contributed by atoms with Crippen molar-refractivity contribution in [2.24, 2.45) is 50.2 Å². The van der Waals surface area contributed by atoms with Crippen molar-refractivity contribution in [3.63, 3.8) is 0 Å². The third-order valence-electron chi connectivity index (χ3n) is 15.2. The highest BCUT2D eigenvalue weighted by Gasteiger charge is 2.70. The summed E-state index contributed by atoms with van der Waals surface area (Å²) in [6.07, 6.45) is 5.98. The van der Waals surface area contributed by atoms with E-state index in [2.05, 4.69) is 47.6 Å². The first-order valence-corrected chi connectivity index (χ1v) is 17.7. The van der Waals surface area contributed by atoms with E-state index in [1.54, 1.807) is 0 Å². The number of ether oxygens (including phenoxy) is 3. The molecule has 260 valence electrons. The summed E-state index contributed by atoms with van der Waals surface area (Å²) in [5.41, 5.74) is 0.0770. The van der Waals surface area contributed by atoms with Crippen LogP contribution >= 0.6 is 0 Å². The zero-order valence-electron chi connectivity index (χ0n) is 29.0. The van der Waals surface area contributed by atoms with Crippen LogP contribution in [0.15, 0.2) is 11.6 Å². The van der Waals surface area contributed by atoms with Gasteiger partial charge >= 0.3 is 11.9 Å². The molecule has 1 heterocycles. The molecular formula is C37H58O9. The first-order valence-electron chi connectivity index (χ1n) is 17.7. The first kappa shape index (κ1) is 34.3. The molecule has 0 aromatic heterocycles. The number of carboxylic acids is 1. The van der Waals surface area contributed by atoms with Gasteiger partial charge in [0.25, 0.3) is 0 Å². The van der Waals surface area contributed by atoms with Gasteiger partial charge in [-0.05, 0) is 104 Å². The van der Waals surface area contributed by atoms with E-state index in [0.717, 1.165) is 57.8 Å². The molecule has 1 saturated heterocycles. The summed E-state index contributed by atoms with van der Waals surface area (Å²) >= 11 is 0. The average Bonchev–Trinajstić information content (AvgIpc) is 2.98. The highest BCUT2D eigenvalue weighted by Crippen LogP contribution is 2.76. The largest absolute Gasteiger partial charge is 0.481 e. The van der Waals surface area contributed by atoms with Gasteiger partial charge in [0, 0.05) is 12.3 Å². The molecule has 46 heavy (non-hydrogen) atoms. The van der Waals surface area contributed by atoms with Crippen LogP contribution in [0.25, 0.3) is 0 Å². The summed E-state index contributed by atoms with van der Waals surface area (Å²) < 4.78 is 17.7. The van der Waals surface area contributed by atoms with Crippen LogP contribution in [0.2, 0.25) is 0 Å². The molecule has 4 N–H and O–H groups in total. The average molecular weight is 647 g/mol. The predicted molar refractivity (Wildman–Crippen MR) is 170 cm³/mol. The van der Waals surface area contributed by atoms with E-state index in [-0.39, 0.29) is 46.7 Å². The van der Waals surface area contributed by atoms with Gasteiger partial charge in [0.2, 0.25) is 0 Å². The molecule has 1 aliphatic heterocycles. The van der Waals surface area contributed by atoms with E-state index in [1.165, 1.54) is 12.5 Å². The molecule has 13 atom stereocenters. The second-order valence-electron chi connectivity index (χ2n) is 17.8. The number of aliphatic hydroxyl groups excluding tert-OH is 3. The van der Waals surface area contributed by atoms with Crippen LogP contribution in [0.3, 0.4) is 0 Å². The van der Waals surface area contributed by atoms with Gasteiger partial charge in [-0.1, -0.05) is 53.2 Å². The molecule has 6 rings (SSSR count). The molecule has 0 unspecified atom stereocenters. The van der Waals surface area contributed by atoms with Crippen molar-refractivity contribution in [1.29, 1.82) is 0 Å². The third kappa shape index (κ3) is 4.79. The van der Waals surface area contributed by atoms with Gasteiger partial charge < -0.3 is 34.6 Å². The van der Waals surface area contributed by atoms with E-state index in [1.807, 2.05) is 0 Å². The minimum absolute atomic E-state index is 0.00814. The Kier molecular flexibility index (Phi) is 8.41. The minimum atomic E-state index is -1.33. The number of carboxylic acid groups (broad SMARTS) is 1. The Morgan fingerprint density at radius 2 is 1.65 bits per heavy atom. The highest BCUT2D eigenvalue weighted by atomic mass is 16.7. The Balaban J connectivity index is 1.31. The maximum atomic E-state index is 13.0. The monoisotopic (exact) mass is 646 g/mol. The SMILES string of the molecule is CC(=O)O[C@H]1[C@H](O[C@H]2CC[C@@]3(C)[C@@H](CC[C@]4(C)[C@@H]3CC=C3[C@@H]5CC(C)(C)CC[C@]5(C(=O)O)CC[C@]34C)[C@@]2(C)CO)OC[C@H](O)[C@@H]1O. The summed E-state index contributed by atoms with van der Waals surface area (Å²) in [6, 6.07) is 0. The molecule has 0 bridgehead atoms. The lowest BCUT2D eigenvalue weighted by Gasteiger charge is -2.71. The van der Waals surface area contributed by atoms with E-state index in [4.69, 9.17) is 14.2 Å². The molecule has 5 fully saturated rings. The molecular weight excluding hydrogens is 588 g/mol. The second-order valence-corrected chi connectivity index (χ2v) is 17.8. The lowest BCUT2D eigenvalue weighted by atomic mass is 9.33. The van der Waals surface area contributed by atoms with Gasteiger partial charge in [-0.3, -0.25) is 9.59 Å². The lowest BCUT2D eigenvalue weighted by Crippen LogP contribution is -2.66. The summed E-state index contributed by atoms with van der Waals surface area (Å²) in [5.74, 6) is -0.624. The standard InChI is InChI=1S/C37H58O9/c1-21(39)45-29-28(41)24(40)19-44-30(29)46-27-11-12-33(4)25(34(27,5)20-38)10-13-36(7)26(33)9-8-22-23-18-32(2,3)14-16-37(23,31(42)43)17-15-35(22,36)6/h8,23-30,38,40-41H,9-20H2,1-7H3,(H,42,43)/t23-,24-,25+,26+,27-,28-,29+,30-,33-,34+,35+,36+,37-/m0/s1. The van der Waals surface area contributed by atoms with Crippen LogP contribution in [0.1, 0.15) is 113 Å². The number of fused-ring (bicyclic) bond motifs is 7. The van der Waals surface area contributed by atoms with Crippen LogP contribution < -0.4 is 0 Å². The van der Waals surface area contributed by atoms with Crippen LogP contribution in [0.4, 0.5) is 0 Å². The Labute approximate surface area is 274 Å². The van der Waals surface area contributed by atoms with Crippen molar-refractivity contribution in [1.82, 2.24) is 0 Å². The molecule has 6 aliphatic rings. The molecule has 0 radical (unpaired) electrons. The van der Waals surface area contributed by atoms with Gasteiger partial charge in [0.05, 0.1) is 24.7 Å². The summed E-state index contributed by atoms with van der Waals surface area (Å²) in [7, 11) is 0. The highest BCUT2D eigenvalue weighted by molar-refractivity contribution is 5.76. The molecule has 0 aromatic rings. The van der Waals surface area contributed by atoms with Crippen molar-refractivity contribution in [3.05, 3.63) is 11.6 Å². The van der Waals surface area contributed by atoms with E-state index < -0.39 is 53.5 Å². The van der Waals surface area contributed by atoms with Crippen LogP contribution in [0, 0.1) is 50.2 Å². The number of carbonyl (C=O) groups excluding carboxylic acids is 1. The number of carbonyl (C=O) groups is 2. The molecule has 0 aromatic carbocycles. The van der Waals surface area contributed by atoms with Crippen molar-refractivity contribution in [3.8, 4) is 0 Å². The normalized spacial score (nSPS) is 51.4. The van der Waals surface area contributed by atoms with E-state index in [9.17, 15) is 30.0 Å². The molecule has 0 spiro atoms. The predicted octanol–water partition coefficient (Wildman–Crippen LogP) is 5.24. The third-order valence-corrected chi connectivity index (χ3v) is 15.2. The Hall–Kier alpha value is -1.52. The van der Waals surface area contributed by atoms with Crippen molar-refractivity contribution in [2.75, 3.05) is 13.2 Å². The van der Waals surface area contributed by atoms with Gasteiger partial charge in [-0.15, -0.1) is 0 Å². The molecule has 9 nitrogen and oxygen atoms in total. The number of esters is 1. The van der Waals surface area contributed by atoms with E-state index in [0.29, 0.717) is 12.3 Å². The zero-order valence-corrected chi connectivity index (χ0v) is 29.0. The maximum absolute atomic E-state index is 13.0. The van der Waals surface area contributed by atoms with Gasteiger partial charge in [0.1, 0.15) is 12.2 Å². The summed E-state index contributed by atoms with van der Waals surface area (Å²) in [6.45, 7) is 15.1. The summed E-state index contributed by atoms with van der Waals surface area (Å²) in [5, 5.41) is 42.6. The van der Waals surface area contributed by atoms with E-state index >= 15 is 0 Å². The number of rotatable bonds is 5. The molecule has 0 amide bonds. The quantitative estimate of drug-likeness (QED) is 0.179. The fourth-order valence-corrected chi connectivity index (χ4v) is 12.2. The van der Waals surface area contributed by atoms with Gasteiger partial charge in [0.15, 0.2) is 12.4 Å². The topological polar surface area (TPSA) is 143 Å². The second kappa shape index (κ2) is 11.3. The fraction of sp³-hybridized carbons (Fsp3) is 0.892. The van der Waals surface area contributed by atoms with Crippen LogP contribution in [-0.4, -0.2) is 76.3 Å². The number of hydrogen-bond donors (Lipinski definition) is 4. The summed E-state index contributed by atoms with van der Waals surface area (Å²) in [4.78, 5) is 24.8. The Bertz CT molecular complexity index is 1260. The number of aliphatic carboxylic acids is 1. The fourth-order valence-electron chi connectivity index (χ4n) is 12.2. The lowest BCUT2D eigenvalue weighted by molar-refractivity contribution is -0.314. The molecule has 5 aliphatic carbocycles. The minimum Gasteiger partial charge on any atom is -0.481 e. The molecule has 4 saturated carbocycles. The van der Waals surface area contributed by atoms with Crippen molar-refractivity contribution in [2.45, 2.75) is 143 Å². The number of allylic oxidation sites excluding steroid dienone is 2. The number of aliphatic hydroxyl groups is 3. The Morgan fingerprint density at radius 1 is 0.957 bits per heavy atom. The Morgan fingerprint density at radius 3 is 2.30 bits per heavy atom. The molecule has 9 heteroatoms.